The van der Waals surface area contributed by atoms with Crippen LogP contribution in [-0.4, -0.2) is 23.1 Å². The Labute approximate surface area is 107 Å². The molecule has 1 amide bonds. The number of carbonyl (C=O) groups is 1. The number of rotatable bonds is 2. The highest BCUT2D eigenvalue weighted by Gasteiger charge is 2.34. The molecule has 0 radical (unpaired) electrons. The molecule has 98 valence electrons. The van der Waals surface area contributed by atoms with E-state index in [9.17, 15) is 9.90 Å². The van der Waals surface area contributed by atoms with Crippen LogP contribution in [0.4, 0.5) is 5.69 Å². The summed E-state index contributed by atoms with van der Waals surface area (Å²) in [6.07, 6.45) is 3.03. The van der Waals surface area contributed by atoms with E-state index < -0.39 is 5.54 Å². The summed E-state index contributed by atoms with van der Waals surface area (Å²) < 4.78 is 0. The first kappa shape index (κ1) is 12.9. The lowest BCUT2D eigenvalue weighted by Gasteiger charge is -2.33. The average molecular weight is 248 g/mol. The van der Waals surface area contributed by atoms with Gasteiger partial charge in [-0.1, -0.05) is 6.07 Å². The van der Waals surface area contributed by atoms with Crippen LogP contribution < -0.4 is 10.6 Å². The van der Waals surface area contributed by atoms with Crippen LogP contribution in [0.25, 0.3) is 0 Å². The Balaban J connectivity index is 2.08. The Morgan fingerprint density at radius 3 is 2.83 bits per heavy atom. The molecule has 0 aromatic heterocycles. The number of phenols is 1. The van der Waals surface area contributed by atoms with Crippen molar-refractivity contribution in [2.24, 2.45) is 0 Å². The Morgan fingerprint density at radius 2 is 2.22 bits per heavy atom. The van der Waals surface area contributed by atoms with Gasteiger partial charge in [-0.05, 0) is 51.3 Å². The summed E-state index contributed by atoms with van der Waals surface area (Å²) in [6, 6.07) is 5.18. The Kier molecular flexibility index (Phi) is 3.57. The van der Waals surface area contributed by atoms with Crippen LogP contribution in [0.3, 0.4) is 0 Å². The number of nitrogens with one attached hydrogen (secondary N) is 2. The molecule has 1 unspecified atom stereocenters. The lowest BCUT2D eigenvalue weighted by Crippen LogP contribution is -2.54. The van der Waals surface area contributed by atoms with Gasteiger partial charge in [-0.25, -0.2) is 0 Å². The number of hydrogen-bond donors (Lipinski definition) is 3. The van der Waals surface area contributed by atoms with Crippen molar-refractivity contribution >= 4 is 11.6 Å². The monoisotopic (exact) mass is 248 g/mol. The zero-order valence-electron chi connectivity index (χ0n) is 10.9. The molecule has 0 bridgehead atoms. The highest BCUT2D eigenvalue weighted by Crippen LogP contribution is 2.24. The van der Waals surface area contributed by atoms with Crippen molar-refractivity contribution in [3.63, 3.8) is 0 Å². The molecule has 1 aromatic rings. The molecule has 1 aliphatic heterocycles. The first-order valence-electron chi connectivity index (χ1n) is 6.37. The van der Waals surface area contributed by atoms with Crippen molar-refractivity contribution in [3.05, 3.63) is 23.8 Å². The van der Waals surface area contributed by atoms with E-state index in [1.165, 1.54) is 0 Å². The second-order valence-corrected chi connectivity index (χ2v) is 5.17. The molecule has 3 N–H and O–H groups in total. The largest absolute Gasteiger partial charge is 0.508 e. The summed E-state index contributed by atoms with van der Waals surface area (Å²) in [5.74, 6) is 0.167. The molecule has 2 rings (SSSR count). The smallest absolute Gasteiger partial charge is 0.244 e. The second kappa shape index (κ2) is 4.98. The number of aromatic hydroxyl groups is 1. The number of benzene rings is 1. The van der Waals surface area contributed by atoms with Gasteiger partial charge in [0.1, 0.15) is 5.75 Å². The van der Waals surface area contributed by atoms with E-state index in [1.54, 1.807) is 18.2 Å². The molecular formula is C14H20N2O2. The molecule has 1 atom stereocenters. The van der Waals surface area contributed by atoms with Gasteiger partial charge in [0.25, 0.3) is 0 Å². The number of phenolic OH excluding ortho intramolecular Hbond substituents is 1. The van der Waals surface area contributed by atoms with Crippen molar-refractivity contribution in [1.29, 1.82) is 0 Å². The van der Waals surface area contributed by atoms with Crippen LogP contribution >= 0.6 is 0 Å². The van der Waals surface area contributed by atoms with E-state index in [0.717, 1.165) is 31.4 Å². The van der Waals surface area contributed by atoms with Gasteiger partial charge in [-0.15, -0.1) is 0 Å². The van der Waals surface area contributed by atoms with Crippen molar-refractivity contribution in [2.75, 3.05) is 11.9 Å². The second-order valence-electron chi connectivity index (χ2n) is 5.17. The minimum atomic E-state index is -0.501. The minimum absolute atomic E-state index is 0.0366. The molecule has 1 aromatic carbocycles. The maximum atomic E-state index is 12.2. The molecule has 4 nitrogen and oxygen atoms in total. The van der Waals surface area contributed by atoms with Crippen LogP contribution in [-0.2, 0) is 4.79 Å². The van der Waals surface area contributed by atoms with Gasteiger partial charge in [-0.3, -0.25) is 4.79 Å². The predicted octanol–water partition coefficient (Wildman–Crippen LogP) is 2.17. The summed E-state index contributed by atoms with van der Waals surface area (Å²) >= 11 is 0. The highest BCUT2D eigenvalue weighted by molar-refractivity contribution is 5.98. The van der Waals surface area contributed by atoms with Crippen molar-refractivity contribution in [1.82, 2.24) is 5.32 Å². The van der Waals surface area contributed by atoms with Crippen LogP contribution in [0.2, 0.25) is 0 Å². The Bertz CT molecular complexity index is 451. The third-order valence-corrected chi connectivity index (χ3v) is 3.59. The number of hydrogen-bond acceptors (Lipinski definition) is 3. The van der Waals surface area contributed by atoms with E-state index in [2.05, 4.69) is 10.6 Å². The van der Waals surface area contributed by atoms with Crippen molar-refractivity contribution in [2.45, 2.75) is 38.6 Å². The summed E-state index contributed by atoms with van der Waals surface area (Å²) in [7, 11) is 0. The van der Waals surface area contributed by atoms with E-state index in [-0.39, 0.29) is 11.7 Å². The molecule has 18 heavy (non-hydrogen) atoms. The average Bonchev–Trinajstić information content (AvgIpc) is 2.35. The van der Waals surface area contributed by atoms with E-state index in [1.807, 2.05) is 13.8 Å². The predicted molar refractivity (Wildman–Crippen MR) is 71.7 cm³/mol. The third kappa shape index (κ3) is 2.64. The maximum absolute atomic E-state index is 12.2. The number of anilines is 1. The number of carbonyl (C=O) groups excluding carboxylic acids is 1. The zero-order chi connectivity index (χ0) is 13.2. The quantitative estimate of drug-likeness (QED) is 0.751. The summed E-state index contributed by atoms with van der Waals surface area (Å²) in [5, 5.41) is 15.7. The Morgan fingerprint density at radius 1 is 1.44 bits per heavy atom. The van der Waals surface area contributed by atoms with E-state index in [0.29, 0.717) is 5.69 Å². The molecule has 1 fully saturated rings. The first-order valence-corrected chi connectivity index (χ1v) is 6.37. The lowest BCUT2D eigenvalue weighted by molar-refractivity contribution is -0.122. The molecule has 0 spiro atoms. The topological polar surface area (TPSA) is 61.4 Å². The SMILES string of the molecule is Cc1ccc(NC(=O)C2(C)CCCCN2)cc1O. The van der Waals surface area contributed by atoms with Gasteiger partial charge in [0, 0.05) is 11.8 Å². The van der Waals surface area contributed by atoms with Gasteiger partial charge >= 0.3 is 0 Å². The van der Waals surface area contributed by atoms with Crippen molar-refractivity contribution in [3.8, 4) is 5.75 Å². The summed E-state index contributed by atoms with van der Waals surface area (Å²) in [5.41, 5.74) is 0.936. The van der Waals surface area contributed by atoms with Crippen LogP contribution in [0.1, 0.15) is 31.7 Å². The van der Waals surface area contributed by atoms with Gasteiger partial charge in [0.05, 0.1) is 5.54 Å². The molecule has 4 heteroatoms. The number of aryl methyl sites for hydroxylation is 1. The minimum Gasteiger partial charge on any atom is -0.508 e. The molecule has 1 aliphatic rings. The van der Waals surface area contributed by atoms with Crippen LogP contribution in [0, 0.1) is 6.92 Å². The first-order chi connectivity index (χ1) is 8.51. The van der Waals surface area contributed by atoms with Gasteiger partial charge in [0.15, 0.2) is 0 Å². The number of amides is 1. The summed E-state index contributed by atoms with van der Waals surface area (Å²) in [6.45, 7) is 4.63. The fraction of sp³-hybridized carbons (Fsp3) is 0.500. The lowest BCUT2D eigenvalue weighted by atomic mass is 9.90. The van der Waals surface area contributed by atoms with E-state index in [4.69, 9.17) is 0 Å². The van der Waals surface area contributed by atoms with Gasteiger partial charge in [0.2, 0.25) is 5.91 Å². The molecule has 1 heterocycles. The van der Waals surface area contributed by atoms with E-state index >= 15 is 0 Å². The fourth-order valence-corrected chi connectivity index (χ4v) is 2.21. The number of piperidine rings is 1. The van der Waals surface area contributed by atoms with Gasteiger partial charge < -0.3 is 15.7 Å². The molecule has 1 saturated heterocycles. The molecule has 0 aliphatic carbocycles. The normalized spacial score (nSPS) is 23.7. The molecule has 0 saturated carbocycles. The van der Waals surface area contributed by atoms with Gasteiger partial charge in [-0.2, -0.15) is 0 Å². The zero-order valence-corrected chi connectivity index (χ0v) is 10.9. The maximum Gasteiger partial charge on any atom is 0.244 e. The van der Waals surface area contributed by atoms with Crippen molar-refractivity contribution < 1.29 is 9.90 Å². The van der Waals surface area contributed by atoms with Crippen LogP contribution in [0.5, 0.6) is 5.75 Å². The highest BCUT2D eigenvalue weighted by atomic mass is 16.3. The standard InChI is InChI=1S/C14H20N2O2/c1-10-5-6-11(9-12(10)17)16-13(18)14(2)7-3-4-8-15-14/h5-6,9,15,17H,3-4,7-8H2,1-2H3,(H,16,18). The fourth-order valence-electron chi connectivity index (χ4n) is 2.21. The Hall–Kier alpha value is -1.55. The third-order valence-electron chi connectivity index (χ3n) is 3.59. The summed E-state index contributed by atoms with van der Waals surface area (Å²) in [4.78, 5) is 12.2. The van der Waals surface area contributed by atoms with Crippen LogP contribution in [0.15, 0.2) is 18.2 Å². The molecular weight excluding hydrogens is 228 g/mol.